The molecule has 0 aliphatic carbocycles. The fourth-order valence-electron chi connectivity index (χ4n) is 4.17. The number of rotatable bonds is 6. The number of carbonyl (C=O) groups is 2. The van der Waals surface area contributed by atoms with E-state index in [2.05, 4.69) is 10.3 Å². The molecular weight excluding hydrogens is 421 g/mol. The molecular formula is C26H26FN3O3. The number of benzene rings is 2. The fourth-order valence-corrected chi connectivity index (χ4v) is 4.17. The lowest BCUT2D eigenvalue weighted by atomic mass is 9.89. The second kappa shape index (κ2) is 9.92. The first kappa shape index (κ1) is 22.6. The van der Waals surface area contributed by atoms with Crippen LogP contribution in [0.15, 0.2) is 73.1 Å². The van der Waals surface area contributed by atoms with Crippen molar-refractivity contribution < 1.29 is 18.7 Å². The van der Waals surface area contributed by atoms with E-state index in [0.717, 1.165) is 22.3 Å². The number of nitrogens with zero attached hydrogens (tertiary/aromatic N) is 2. The maximum atomic E-state index is 13.2. The number of aromatic nitrogens is 1. The third kappa shape index (κ3) is 5.26. The molecule has 1 fully saturated rings. The van der Waals surface area contributed by atoms with E-state index in [1.807, 2.05) is 36.4 Å². The van der Waals surface area contributed by atoms with E-state index in [0.29, 0.717) is 13.0 Å². The molecule has 170 valence electrons. The van der Waals surface area contributed by atoms with Gasteiger partial charge in [0.25, 0.3) is 5.91 Å². The molecule has 1 saturated heterocycles. The number of carbonyl (C=O) groups excluding carboxylic acids is 2. The zero-order valence-corrected chi connectivity index (χ0v) is 18.5. The van der Waals surface area contributed by atoms with Crippen LogP contribution in [0, 0.1) is 5.82 Å². The molecule has 33 heavy (non-hydrogen) atoms. The Labute approximate surface area is 192 Å². The molecule has 0 spiro atoms. The Kier molecular flexibility index (Phi) is 6.79. The number of hydrogen-bond donors (Lipinski definition) is 1. The van der Waals surface area contributed by atoms with Crippen molar-refractivity contribution >= 4 is 11.8 Å². The van der Waals surface area contributed by atoms with Crippen LogP contribution in [0.1, 0.15) is 11.1 Å². The molecule has 6 nitrogen and oxygen atoms in total. The summed E-state index contributed by atoms with van der Waals surface area (Å²) in [5.41, 5.74) is 2.51. The van der Waals surface area contributed by atoms with Gasteiger partial charge < -0.3 is 15.0 Å². The molecule has 2 heterocycles. The quantitative estimate of drug-likeness (QED) is 0.631. The van der Waals surface area contributed by atoms with Crippen LogP contribution in [-0.2, 0) is 27.2 Å². The number of amides is 2. The molecule has 1 aliphatic heterocycles. The second-order valence-electron chi connectivity index (χ2n) is 8.15. The topological polar surface area (TPSA) is 71.5 Å². The lowest BCUT2D eigenvalue weighted by Gasteiger charge is -2.41. The highest BCUT2D eigenvalue weighted by Gasteiger charge is 2.44. The Balaban J connectivity index is 1.55. The Bertz CT molecular complexity index is 1120. The Morgan fingerprint density at radius 1 is 1.06 bits per heavy atom. The van der Waals surface area contributed by atoms with Crippen molar-refractivity contribution in [3.63, 3.8) is 0 Å². The van der Waals surface area contributed by atoms with Gasteiger partial charge in [-0.1, -0.05) is 36.4 Å². The van der Waals surface area contributed by atoms with Gasteiger partial charge in [-0.15, -0.1) is 0 Å². The lowest BCUT2D eigenvalue weighted by molar-refractivity contribution is -0.165. The highest BCUT2D eigenvalue weighted by atomic mass is 19.1. The monoisotopic (exact) mass is 447 g/mol. The summed E-state index contributed by atoms with van der Waals surface area (Å²) in [6, 6.07) is 17.7. The van der Waals surface area contributed by atoms with Gasteiger partial charge in [0.2, 0.25) is 5.91 Å². The van der Waals surface area contributed by atoms with Crippen LogP contribution >= 0.6 is 0 Å². The zero-order valence-electron chi connectivity index (χ0n) is 18.5. The molecule has 1 aromatic heterocycles. The fraction of sp³-hybridized carbons (Fsp3) is 0.269. The molecule has 4 rings (SSSR count). The first-order chi connectivity index (χ1) is 16.0. The van der Waals surface area contributed by atoms with Crippen molar-refractivity contribution in [1.29, 1.82) is 0 Å². The molecule has 2 aromatic carbocycles. The minimum Gasteiger partial charge on any atom is -0.361 e. The molecule has 0 bridgehead atoms. The summed E-state index contributed by atoms with van der Waals surface area (Å²) in [5, 5.41) is 2.71. The summed E-state index contributed by atoms with van der Waals surface area (Å²) in [6.45, 7) is 0.800. The Morgan fingerprint density at radius 2 is 1.82 bits per heavy atom. The molecule has 1 atom stereocenters. The van der Waals surface area contributed by atoms with Crippen molar-refractivity contribution in [2.24, 2.45) is 0 Å². The third-order valence-corrected chi connectivity index (χ3v) is 5.88. The predicted molar refractivity (Wildman–Crippen MR) is 123 cm³/mol. The number of ether oxygens (including phenoxy) is 1. The van der Waals surface area contributed by atoms with Crippen LogP contribution in [0.2, 0.25) is 0 Å². The van der Waals surface area contributed by atoms with Crippen LogP contribution in [0.3, 0.4) is 0 Å². The van der Waals surface area contributed by atoms with Gasteiger partial charge >= 0.3 is 0 Å². The van der Waals surface area contributed by atoms with E-state index in [1.165, 1.54) is 12.1 Å². The lowest BCUT2D eigenvalue weighted by Crippen LogP contribution is -2.61. The number of likely N-dealkylation sites (N-methyl/N-ethyl adjacent to an activating group) is 1. The number of pyridine rings is 1. The largest absolute Gasteiger partial charge is 0.361 e. The Hall–Kier alpha value is -3.58. The maximum absolute atomic E-state index is 13.2. The molecule has 0 saturated carbocycles. The second-order valence-corrected chi connectivity index (χ2v) is 8.15. The van der Waals surface area contributed by atoms with Crippen molar-refractivity contribution in [2.45, 2.75) is 18.4 Å². The van der Waals surface area contributed by atoms with Gasteiger partial charge in [-0.3, -0.25) is 14.6 Å². The van der Waals surface area contributed by atoms with Gasteiger partial charge in [-0.05, 0) is 46.5 Å². The molecule has 7 heteroatoms. The first-order valence-corrected chi connectivity index (χ1v) is 10.9. The smallest absolute Gasteiger partial charge is 0.254 e. The van der Waals surface area contributed by atoms with Gasteiger partial charge in [0.05, 0.1) is 19.6 Å². The van der Waals surface area contributed by atoms with E-state index in [1.54, 1.807) is 36.5 Å². The van der Waals surface area contributed by atoms with Gasteiger partial charge in [0.15, 0.2) is 5.60 Å². The van der Waals surface area contributed by atoms with Crippen LogP contribution < -0.4 is 5.32 Å². The minimum atomic E-state index is -1.19. The SMILES string of the molecule is CNC(=O)[C@@]1(Cc2cccc(-c3ccncc3)c2)CN(C(=O)Cc2ccc(F)cc2)CCO1. The predicted octanol–water partition coefficient (Wildman–Crippen LogP) is 3.02. The van der Waals surface area contributed by atoms with Crippen LogP contribution in [0.4, 0.5) is 4.39 Å². The van der Waals surface area contributed by atoms with E-state index in [9.17, 15) is 14.0 Å². The number of nitrogens with one attached hydrogen (secondary N) is 1. The first-order valence-electron chi connectivity index (χ1n) is 10.9. The van der Waals surface area contributed by atoms with E-state index >= 15 is 0 Å². The molecule has 0 unspecified atom stereocenters. The zero-order chi connectivity index (χ0) is 23.3. The highest BCUT2D eigenvalue weighted by Crippen LogP contribution is 2.27. The molecule has 0 radical (unpaired) electrons. The van der Waals surface area contributed by atoms with E-state index < -0.39 is 5.60 Å². The molecule has 1 aliphatic rings. The Morgan fingerprint density at radius 3 is 2.55 bits per heavy atom. The average molecular weight is 448 g/mol. The minimum absolute atomic E-state index is 0.122. The molecule has 2 amide bonds. The number of morpholine rings is 1. The third-order valence-electron chi connectivity index (χ3n) is 5.88. The van der Waals surface area contributed by atoms with Crippen LogP contribution in [0.5, 0.6) is 0 Å². The van der Waals surface area contributed by atoms with Gasteiger partial charge in [-0.25, -0.2) is 4.39 Å². The van der Waals surface area contributed by atoms with E-state index in [4.69, 9.17) is 4.74 Å². The van der Waals surface area contributed by atoms with Gasteiger partial charge in [0.1, 0.15) is 5.82 Å². The van der Waals surface area contributed by atoms with Crippen molar-refractivity contribution in [2.75, 3.05) is 26.7 Å². The van der Waals surface area contributed by atoms with Gasteiger partial charge in [0, 0.05) is 32.4 Å². The van der Waals surface area contributed by atoms with Crippen molar-refractivity contribution in [1.82, 2.24) is 15.2 Å². The summed E-state index contributed by atoms with van der Waals surface area (Å²) in [4.78, 5) is 31.7. The normalized spacial score (nSPS) is 18.1. The highest BCUT2D eigenvalue weighted by molar-refractivity contribution is 5.87. The summed E-state index contributed by atoms with van der Waals surface area (Å²) in [6.07, 6.45) is 3.94. The maximum Gasteiger partial charge on any atom is 0.254 e. The number of hydrogen-bond acceptors (Lipinski definition) is 4. The van der Waals surface area contributed by atoms with Gasteiger partial charge in [-0.2, -0.15) is 0 Å². The molecule has 1 N–H and O–H groups in total. The van der Waals surface area contributed by atoms with Crippen molar-refractivity contribution in [3.05, 3.63) is 90.0 Å². The van der Waals surface area contributed by atoms with Crippen molar-refractivity contribution in [3.8, 4) is 11.1 Å². The summed E-state index contributed by atoms with van der Waals surface area (Å²) < 4.78 is 19.2. The summed E-state index contributed by atoms with van der Waals surface area (Å²) in [7, 11) is 1.57. The number of halogens is 1. The summed E-state index contributed by atoms with van der Waals surface area (Å²) >= 11 is 0. The summed E-state index contributed by atoms with van der Waals surface area (Å²) in [5.74, 6) is -0.731. The van der Waals surface area contributed by atoms with E-state index in [-0.39, 0.29) is 37.2 Å². The average Bonchev–Trinajstić information content (AvgIpc) is 2.85. The van der Waals surface area contributed by atoms with Crippen LogP contribution in [-0.4, -0.2) is 54.0 Å². The standard InChI is InChI=1S/C26H26FN3O3/c1-28-25(32)26(17-20-3-2-4-22(15-20)21-9-11-29-12-10-21)18-30(13-14-33-26)24(31)16-19-5-7-23(27)8-6-19/h2-12,15H,13-14,16-18H2,1H3,(H,28,32)/t26-/m1/s1. The molecule has 3 aromatic rings. The van der Waals surface area contributed by atoms with Crippen LogP contribution in [0.25, 0.3) is 11.1 Å².